The van der Waals surface area contributed by atoms with E-state index in [-0.39, 0.29) is 18.1 Å². The number of rotatable bonds is 4. The molecular weight excluding hydrogens is 312 g/mol. The van der Waals surface area contributed by atoms with Crippen LogP contribution in [0.5, 0.6) is 11.5 Å². The molecule has 24 heavy (non-hydrogen) atoms. The third kappa shape index (κ3) is 2.74. The molecule has 0 radical (unpaired) electrons. The highest BCUT2D eigenvalue weighted by Crippen LogP contribution is 2.35. The lowest BCUT2D eigenvalue weighted by molar-refractivity contribution is 0.211. The van der Waals surface area contributed by atoms with Gasteiger partial charge in [-0.3, -0.25) is 4.98 Å². The standard InChI is InChI=1S/C16H16N4O4/c1-8-14(22)12(9(5-6-21)7-18-8)15-19-10-3-2-4-11(13(10)20-15)24-16(17)23/h2-4,7,21-22H,5-6H2,1H3,(H2,17,23)(H,19,20). The van der Waals surface area contributed by atoms with Gasteiger partial charge in [-0.05, 0) is 31.0 Å². The number of fused-ring (bicyclic) bond motifs is 1. The molecule has 0 unspecified atom stereocenters. The van der Waals surface area contributed by atoms with E-state index in [9.17, 15) is 15.0 Å². The van der Waals surface area contributed by atoms with E-state index >= 15 is 0 Å². The van der Waals surface area contributed by atoms with Crippen LogP contribution in [0.3, 0.4) is 0 Å². The second-order valence-corrected chi connectivity index (χ2v) is 5.22. The first-order valence-electron chi connectivity index (χ1n) is 7.26. The van der Waals surface area contributed by atoms with Crippen LogP contribution in [-0.2, 0) is 6.42 Å². The van der Waals surface area contributed by atoms with Crippen LogP contribution in [-0.4, -0.2) is 37.9 Å². The van der Waals surface area contributed by atoms with E-state index in [2.05, 4.69) is 15.0 Å². The molecule has 1 aromatic carbocycles. The number of ether oxygens (including phenoxy) is 1. The number of para-hydroxylation sites is 1. The molecule has 0 atom stereocenters. The van der Waals surface area contributed by atoms with Gasteiger partial charge >= 0.3 is 6.09 Å². The zero-order valence-corrected chi connectivity index (χ0v) is 12.9. The Morgan fingerprint density at radius 2 is 2.21 bits per heavy atom. The van der Waals surface area contributed by atoms with Crippen molar-refractivity contribution in [3.8, 4) is 22.9 Å². The number of aromatic nitrogens is 3. The Morgan fingerprint density at radius 3 is 2.92 bits per heavy atom. The van der Waals surface area contributed by atoms with E-state index in [1.165, 1.54) is 0 Å². The molecule has 5 N–H and O–H groups in total. The van der Waals surface area contributed by atoms with Crippen molar-refractivity contribution in [2.24, 2.45) is 5.73 Å². The molecule has 0 aliphatic rings. The van der Waals surface area contributed by atoms with E-state index in [1.807, 2.05) is 0 Å². The third-order valence-corrected chi connectivity index (χ3v) is 3.62. The summed E-state index contributed by atoms with van der Waals surface area (Å²) in [4.78, 5) is 22.6. The number of carbonyl (C=O) groups is 1. The summed E-state index contributed by atoms with van der Waals surface area (Å²) < 4.78 is 4.95. The number of imidazole rings is 1. The molecule has 3 aromatic rings. The zero-order chi connectivity index (χ0) is 17.3. The summed E-state index contributed by atoms with van der Waals surface area (Å²) in [5.74, 6) is 0.589. The SMILES string of the molecule is Cc1ncc(CCO)c(-c2nc3c(OC(N)=O)cccc3[nH]2)c1O. The van der Waals surface area contributed by atoms with E-state index in [0.717, 1.165) is 0 Å². The number of amides is 1. The summed E-state index contributed by atoms with van der Waals surface area (Å²) in [7, 11) is 0. The van der Waals surface area contributed by atoms with Crippen molar-refractivity contribution in [3.05, 3.63) is 35.7 Å². The van der Waals surface area contributed by atoms with Crippen LogP contribution in [0.1, 0.15) is 11.3 Å². The summed E-state index contributed by atoms with van der Waals surface area (Å²) in [5, 5.41) is 19.6. The molecule has 0 fully saturated rings. The minimum Gasteiger partial charge on any atom is -0.505 e. The topological polar surface area (TPSA) is 134 Å². The van der Waals surface area contributed by atoms with Crippen molar-refractivity contribution in [3.63, 3.8) is 0 Å². The summed E-state index contributed by atoms with van der Waals surface area (Å²) in [6.45, 7) is 1.58. The van der Waals surface area contributed by atoms with Crippen LogP contribution in [0.15, 0.2) is 24.4 Å². The van der Waals surface area contributed by atoms with Crippen molar-refractivity contribution < 1.29 is 19.7 Å². The number of hydrogen-bond acceptors (Lipinski definition) is 6. The molecule has 0 aliphatic heterocycles. The number of pyridine rings is 1. The monoisotopic (exact) mass is 328 g/mol. The number of primary amides is 1. The molecule has 1 amide bonds. The second kappa shape index (κ2) is 6.17. The van der Waals surface area contributed by atoms with Gasteiger partial charge < -0.3 is 25.7 Å². The van der Waals surface area contributed by atoms with Crippen molar-refractivity contribution in [1.82, 2.24) is 15.0 Å². The average Bonchev–Trinajstić information content (AvgIpc) is 2.95. The van der Waals surface area contributed by atoms with Crippen LogP contribution in [0.2, 0.25) is 0 Å². The number of carbonyl (C=O) groups excluding carboxylic acids is 1. The maximum absolute atomic E-state index is 11.0. The maximum Gasteiger partial charge on any atom is 0.410 e. The number of H-pyrrole nitrogens is 1. The zero-order valence-electron chi connectivity index (χ0n) is 12.9. The maximum atomic E-state index is 11.0. The molecule has 124 valence electrons. The van der Waals surface area contributed by atoms with Gasteiger partial charge in [0, 0.05) is 12.8 Å². The molecule has 3 rings (SSSR count). The van der Waals surface area contributed by atoms with Crippen LogP contribution in [0.4, 0.5) is 4.79 Å². The Balaban J connectivity index is 2.20. The van der Waals surface area contributed by atoms with E-state index in [1.54, 1.807) is 31.3 Å². The fourth-order valence-corrected chi connectivity index (χ4v) is 2.52. The Morgan fingerprint density at radius 1 is 1.42 bits per heavy atom. The molecule has 2 heterocycles. The molecule has 8 nitrogen and oxygen atoms in total. The highest BCUT2D eigenvalue weighted by Gasteiger charge is 2.18. The highest BCUT2D eigenvalue weighted by atomic mass is 16.5. The Hall–Kier alpha value is -3.13. The van der Waals surface area contributed by atoms with Crippen LogP contribution in [0.25, 0.3) is 22.4 Å². The van der Waals surface area contributed by atoms with Gasteiger partial charge in [0.15, 0.2) is 5.75 Å². The van der Waals surface area contributed by atoms with Gasteiger partial charge in [0.2, 0.25) is 0 Å². The van der Waals surface area contributed by atoms with Gasteiger partial charge in [-0.15, -0.1) is 0 Å². The number of aromatic hydroxyl groups is 1. The normalized spacial score (nSPS) is 10.9. The lowest BCUT2D eigenvalue weighted by atomic mass is 10.0. The lowest BCUT2D eigenvalue weighted by Gasteiger charge is -2.09. The molecule has 2 aromatic heterocycles. The number of benzene rings is 1. The predicted molar refractivity (Wildman–Crippen MR) is 86.7 cm³/mol. The predicted octanol–water partition coefficient (Wildman–Crippen LogP) is 1.63. The molecule has 0 saturated heterocycles. The number of aliphatic hydroxyl groups excluding tert-OH is 1. The fraction of sp³-hybridized carbons (Fsp3) is 0.188. The second-order valence-electron chi connectivity index (χ2n) is 5.22. The summed E-state index contributed by atoms with van der Waals surface area (Å²) in [6.07, 6.45) is 0.975. The molecule has 0 bridgehead atoms. The third-order valence-electron chi connectivity index (χ3n) is 3.62. The van der Waals surface area contributed by atoms with Crippen molar-refractivity contribution in [2.75, 3.05) is 6.61 Å². The number of nitrogens with one attached hydrogen (secondary N) is 1. The molecule has 8 heteroatoms. The summed E-state index contributed by atoms with van der Waals surface area (Å²) >= 11 is 0. The van der Waals surface area contributed by atoms with Crippen molar-refractivity contribution in [1.29, 1.82) is 0 Å². The first-order valence-corrected chi connectivity index (χ1v) is 7.26. The van der Waals surface area contributed by atoms with Crippen molar-refractivity contribution in [2.45, 2.75) is 13.3 Å². The number of aromatic amines is 1. The number of aliphatic hydroxyl groups is 1. The van der Waals surface area contributed by atoms with Gasteiger partial charge in [-0.2, -0.15) is 0 Å². The van der Waals surface area contributed by atoms with Crippen LogP contribution in [0, 0.1) is 6.92 Å². The lowest BCUT2D eigenvalue weighted by Crippen LogP contribution is -2.16. The number of nitrogens with two attached hydrogens (primary N) is 1. The summed E-state index contributed by atoms with van der Waals surface area (Å²) in [6, 6.07) is 5.02. The van der Waals surface area contributed by atoms with E-state index in [4.69, 9.17) is 10.5 Å². The molecule has 0 spiro atoms. The van der Waals surface area contributed by atoms with Gasteiger partial charge in [0.05, 0.1) is 16.8 Å². The number of aryl methyl sites for hydroxylation is 1. The Kier molecular flexibility index (Phi) is 4.05. The van der Waals surface area contributed by atoms with E-state index < -0.39 is 6.09 Å². The molecule has 0 aliphatic carbocycles. The Labute approximate surface area is 136 Å². The number of hydrogen-bond donors (Lipinski definition) is 4. The van der Waals surface area contributed by atoms with Crippen LogP contribution < -0.4 is 10.5 Å². The average molecular weight is 328 g/mol. The first kappa shape index (κ1) is 15.8. The highest BCUT2D eigenvalue weighted by molar-refractivity contribution is 5.88. The molecule has 0 saturated carbocycles. The largest absolute Gasteiger partial charge is 0.505 e. The minimum absolute atomic E-state index is 0.0163. The summed E-state index contributed by atoms with van der Waals surface area (Å²) in [5.41, 5.74) is 7.65. The first-order chi connectivity index (χ1) is 11.5. The fourth-order valence-electron chi connectivity index (χ4n) is 2.52. The van der Waals surface area contributed by atoms with E-state index in [0.29, 0.717) is 40.1 Å². The quantitative estimate of drug-likeness (QED) is 0.575. The van der Waals surface area contributed by atoms with Gasteiger partial charge in [0.1, 0.15) is 17.1 Å². The van der Waals surface area contributed by atoms with Gasteiger partial charge in [0.25, 0.3) is 0 Å². The molecular formula is C16H16N4O4. The Bertz CT molecular complexity index is 920. The number of nitrogens with zero attached hydrogens (tertiary/aromatic N) is 2. The smallest absolute Gasteiger partial charge is 0.410 e. The van der Waals surface area contributed by atoms with Crippen molar-refractivity contribution >= 4 is 17.1 Å². The van der Waals surface area contributed by atoms with Gasteiger partial charge in [-0.1, -0.05) is 6.07 Å². The van der Waals surface area contributed by atoms with Crippen LogP contribution >= 0.6 is 0 Å². The van der Waals surface area contributed by atoms with Gasteiger partial charge in [-0.25, -0.2) is 9.78 Å². The minimum atomic E-state index is -0.935.